The van der Waals surface area contributed by atoms with Gasteiger partial charge in [0.25, 0.3) is 0 Å². The van der Waals surface area contributed by atoms with Crippen LogP contribution in [0.4, 0.5) is 0 Å². The van der Waals surface area contributed by atoms with Gasteiger partial charge in [-0.2, -0.15) is 0 Å². The molecule has 0 spiro atoms. The van der Waals surface area contributed by atoms with Crippen LogP contribution in [-0.4, -0.2) is 15.9 Å². The van der Waals surface area contributed by atoms with E-state index < -0.39 is 8.80 Å². The lowest BCUT2D eigenvalue weighted by Crippen LogP contribution is -2.08. The second-order valence-corrected chi connectivity index (χ2v) is 7.48. The molecular formula is C13H18OSi. The van der Waals surface area contributed by atoms with Gasteiger partial charge in [-0.25, -0.2) is 0 Å². The number of rotatable bonds is 3. The zero-order chi connectivity index (χ0) is 10.7. The van der Waals surface area contributed by atoms with Gasteiger partial charge >= 0.3 is 0 Å². The Morgan fingerprint density at radius 1 is 1.20 bits per heavy atom. The standard InChI is InChI=1S/C13H18OSi/c1-11(15-9-3-4-10-15)12-5-7-13(14-2)8-6-12/h5-8,15H,1,3-4,9-10H2,2H3. The average Bonchev–Trinajstić information content (AvgIpc) is 2.82. The molecule has 0 radical (unpaired) electrons. The topological polar surface area (TPSA) is 9.23 Å². The van der Waals surface area contributed by atoms with Crippen molar-refractivity contribution in [3.63, 3.8) is 0 Å². The number of ether oxygens (including phenoxy) is 1. The molecule has 0 aliphatic carbocycles. The van der Waals surface area contributed by atoms with Crippen LogP contribution >= 0.6 is 0 Å². The summed E-state index contributed by atoms with van der Waals surface area (Å²) in [6, 6.07) is 11.3. The highest BCUT2D eigenvalue weighted by molar-refractivity contribution is 6.79. The van der Waals surface area contributed by atoms with Crippen molar-refractivity contribution in [3.8, 4) is 5.75 Å². The highest BCUT2D eigenvalue weighted by Gasteiger charge is 2.20. The van der Waals surface area contributed by atoms with E-state index in [0.717, 1.165) is 5.75 Å². The first-order valence-electron chi connectivity index (χ1n) is 5.64. The highest BCUT2D eigenvalue weighted by Crippen LogP contribution is 2.29. The Kier molecular flexibility index (Phi) is 3.26. The van der Waals surface area contributed by atoms with E-state index in [1.807, 2.05) is 12.1 Å². The summed E-state index contributed by atoms with van der Waals surface area (Å²) in [4.78, 5) is 0. The van der Waals surface area contributed by atoms with Crippen molar-refractivity contribution in [2.24, 2.45) is 0 Å². The molecule has 1 aliphatic heterocycles. The third-order valence-corrected chi connectivity index (χ3v) is 6.84. The first-order valence-corrected chi connectivity index (χ1v) is 7.85. The second-order valence-electron chi connectivity index (χ2n) is 4.24. The molecule has 1 aromatic carbocycles. The van der Waals surface area contributed by atoms with Gasteiger partial charge in [-0.15, -0.1) is 0 Å². The molecule has 2 rings (SSSR count). The van der Waals surface area contributed by atoms with Crippen molar-refractivity contribution in [2.45, 2.75) is 24.9 Å². The fourth-order valence-electron chi connectivity index (χ4n) is 2.32. The van der Waals surface area contributed by atoms with Crippen molar-refractivity contribution in [3.05, 3.63) is 36.4 Å². The Labute approximate surface area is 93.4 Å². The largest absolute Gasteiger partial charge is 0.497 e. The summed E-state index contributed by atoms with van der Waals surface area (Å²) < 4.78 is 5.16. The summed E-state index contributed by atoms with van der Waals surface area (Å²) in [5.41, 5.74) is 1.33. The maximum absolute atomic E-state index is 5.16. The monoisotopic (exact) mass is 218 g/mol. The van der Waals surface area contributed by atoms with Crippen molar-refractivity contribution in [1.29, 1.82) is 0 Å². The van der Waals surface area contributed by atoms with Crippen LogP contribution in [-0.2, 0) is 0 Å². The molecule has 0 saturated carbocycles. The molecule has 15 heavy (non-hydrogen) atoms. The summed E-state index contributed by atoms with van der Waals surface area (Å²) in [6.45, 7) is 4.28. The molecule has 2 heteroatoms. The van der Waals surface area contributed by atoms with E-state index in [2.05, 4.69) is 18.7 Å². The molecule has 1 aliphatic rings. The molecule has 0 N–H and O–H groups in total. The van der Waals surface area contributed by atoms with Gasteiger partial charge in [0.2, 0.25) is 0 Å². The van der Waals surface area contributed by atoms with E-state index in [9.17, 15) is 0 Å². The van der Waals surface area contributed by atoms with Crippen LogP contribution in [0.2, 0.25) is 12.1 Å². The van der Waals surface area contributed by atoms with Crippen molar-refractivity contribution < 1.29 is 4.74 Å². The zero-order valence-electron chi connectivity index (χ0n) is 9.33. The number of hydrogen-bond donors (Lipinski definition) is 0. The van der Waals surface area contributed by atoms with E-state index in [1.165, 1.54) is 35.7 Å². The molecule has 0 bridgehead atoms. The Morgan fingerprint density at radius 3 is 2.33 bits per heavy atom. The summed E-state index contributed by atoms with van der Waals surface area (Å²) in [5, 5.41) is 1.44. The van der Waals surface area contributed by atoms with E-state index >= 15 is 0 Å². The Hall–Kier alpha value is -1.02. The summed E-state index contributed by atoms with van der Waals surface area (Å²) >= 11 is 0. The van der Waals surface area contributed by atoms with Gasteiger partial charge < -0.3 is 4.74 Å². The fraction of sp³-hybridized carbons (Fsp3) is 0.385. The molecule has 1 heterocycles. The van der Waals surface area contributed by atoms with Crippen molar-refractivity contribution in [2.75, 3.05) is 7.11 Å². The van der Waals surface area contributed by atoms with Crippen molar-refractivity contribution >= 4 is 14.0 Å². The molecular weight excluding hydrogens is 200 g/mol. The van der Waals surface area contributed by atoms with Gasteiger partial charge in [0.1, 0.15) is 5.75 Å². The second kappa shape index (κ2) is 4.66. The van der Waals surface area contributed by atoms with Crippen LogP contribution in [0.15, 0.2) is 30.8 Å². The van der Waals surface area contributed by atoms with Crippen LogP contribution in [0.25, 0.3) is 5.20 Å². The van der Waals surface area contributed by atoms with Gasteiger partial charge in [0.15, 0.2) is 0 Å². The van der Waals surface area contributed by atoms with E-state index in [-0.39, 0.29) is 0 Å². The minimum absolute atomic E-state index is 0.662. The number of methoxy groups -OCH3 is 1. The third kappa shape index (κ3) is 2.32. The molecule has 80 valence electrons. The predicted octanol–water partition coefficient (Wildman–Crippen LogP) is 3.27. The van der Waals surface area contributed by atoms with Gasteiger partial charge in [-0.1, -0.05) is 48.8 Å². The normalized spacial score (nSPS) is 16.6. The van der Waals surface area contributed by atoms with Gasteiger partial charge in [0, 0.05) is 0 Å². The molecule has 0 aromatic heterocycles. The lowest BCUT2D eigenvalue weighted by molar-refractivity contribution is 0.415. The Bertz CT molecular complexity index is 336. The average molecular weight is 218 g/mol. The highest BCUT2D eigenvalue weighted by atomic mass is 28.3. The molecule has 1 nitrogen and oxygen atoms in total. The minimum Gasteiger partial charge on any atom is -0.497 e. The lowest BCUT2D eigenvalue weighted by Gasteiger charge is -2.12. The van der Waals surface area contributed by atoms with Gasteiger partial charge in [-0.05, 0) is 17.7 Å². The molecule has 0 unspecified atom stereocenters. The molecule has 1 fully saturated rings. The number of hydrogen-bond acceptors (Lipinski definition) is 1. The van der Waals surface area contributed by atoms with Crippen LogP contribution < -0.4 is 4.74 Å². The van der Waals surface area contributed by atoms with E-state index in [1.54, 1.807) is 7.11 Å². The Morgan fingerprint density at radius 2 is 1.80 bits per heavy atom. The smallest absolute Gasteiger partial charge is 0.118 e. The third-order valence-electron chi connectivity index (χ3n) is 3.31. The summed E-state index contributed by atoms with van der Waals surface area (Å²) in [5.74, 6) is 0.930. The zero-order valence-corrected chi connectivity index (χ0v) is 10.5. The summed E-state index contributed by atoms with van der Waals surface area (Å²) in [6.07, 6.45) is 2.85. The van der Waals surface area contributed by atoms with Crippen LogP contribution in [0.5, 0.6) is 5.75 Å². The maximum Gasteiger partial charge on any atom is 0.118 e. The van der Waals surface area contributed by atoms with Crippen LogP contribution in [0, 0.1) is 0 Å². The van der Waals surface area contributed by atoms with E-state index in [0.29, 0.717) is 0 Å². The first-order chi connectivity index (χ1) is 7.31. The van der Waals surface area contributed by atoms with Gasteiger partial charge in [-0.3, -0.25) is 0 Å². The first kappa shape index (κ1) is 10.5. The maximum atomic E-state index is 5.16. The SMILES string of the molecule is C=C(c1ccc(OC)cc1)[SiH]1CCCC1. The van der Waals surface area contributed by atoms with Gasteiger partial charge in [0.05, 0.1) is 15.9 Å². The van der Waals surface area contributed by atoms with Crippen molar-refractivity contribution in [1.82, 2.24) is 0 Å². The molecule has 1 aromatic rings. The molecule has 0 atom stereocenters. The number of benzene rings is 1. The minimum atomic E-state index is -0.662. The lowest BCUT2D eigenvalue weighted by atomic mass is 10.2. The fourth-order valence-corrected chi connectivity index (χ4v) is 5.53. The summed E-state index contributed by atoms with van der Waals surface area (Å²) in [7, 11) is 1.04. The van der Waals surface area contributed by atoms with Crippen LogP contribution in [0.1, 0.15) is 18.4 Å². The predicted molar refractivity (Wildman–Crippen MR) is 68.0 cm³/mol. The molecule has 0 amide bonds. The van der Waals surface area contributed by atoms with Crippen LogP contribution in [0.3, 0.4) is 0 Å². The quantitative estimate of drug-likeness (QED) is 0.708. The van der Waals surface area contributed by atoms with E-state index in [4.69, 9.17) is 4.74 Å². The molecule has 1 saturated heterocycles. The Balaban J connectivity index is 2.11.